The fraction of sp³-hybridized carbons (Fsp3) is 0.100. The van der Waals surface area contributed by atoms with Crippen LogP contribution in [0.5, 0.6) is 0 Å². The molecule has 0 amide bonds. The summed E-state index contributed by atoms with van der Waals surface area (Å²) in [4.78, 5) is 14.6. The van der Waals surface area contributed by atoms with Gasteiger partial charge in [0.25, 0.3) is 0 Å². The molecule has 0 atom stereocenters. The van der Waals surface area contributed by atoms with Crippen molar-refractivity contribution in [1.82, 2.24) is 4.98 Å². The largest absolute Gasteiger partial charge is 0.386 e. The standard InChI is InChI=1S/C10H8ClNO2S/c1-6(13)14-15-10-5-12-9-4-7(11)2-3-8(9)10/h2-5,12H,1H3. The molecule has 1 aromatic carbocycles. The van der Waals surface area contributed by atoms with Crippen molar-refractivity contribution in [2.75, 3.05) is 0 Å². The third kappa shape index (κ3) is 2.27. The van der Waals surface area contributed by atoms with E-state index in [1.54, 1.807) is 12.3 Å². The smallest absolute Gasteiger partial charge is 0.315 e. The Morgan fingerprint density at radius 1 is 1.53 bits per heavy atom. The van der Waals surface area contributed by atoms with Crippen molar-refractivity contribution in [1.29, 1.82) is 0 Å². The average molecular weight is 242 g/mol. The number of benzene rings is 1. The molecule has 0 bridgehead atoms. The minimum absolute atomic E-state index is 0.316. The molecule has 0 saturated heterocycles. The van der Waals surface area contributed by atoms with E-state index < -0.39 is 0 Å². The molecule has 2 aromatic rings. The summed E-state index contributed by atoms with van der Waals surface area (Å²) in [7, 11) is 0. The van der Waals surface area contributed by atoms with Crippen LogP contribution in [0.15, 0.2) is 29.3 Å². The van der Waals surface area contributed by atoms with Crippen molar-refractivity contribution < 1.29 is 8.98 Å². The van der Waals surface area contributed by atoms with E-state index in [4.69, 9.17) is 15.8 Å². The van der Waals surface area contributed by atoms with Crippen LogP contribution in [0.25, 0.3) is 10.9 Å². The summed E-state index contributed by atoms with van der Waals surface area (Å²) in [6.07, 6.45) is 1.79. The molecular weight excluding hydrogens is 234 g/mol. The van der Waals surface area contributed by atoms with Crippen LogP contribution in [0, 0.1) is 0 Å². The Morgan fingerprint density at radius 3 is 3.07 bits per heavy atom. The molecule has 0 radical (unpaired) electrons. The molecule has 1 N–H and O–H groups in total. The molecular formula is C10H8ClNO2S. The van der Waals surface area contributed by atoms with E-state index in [1.807, 2.05) is 12.1 Å². The zero-order valence-electron chi connectivity index (χ0n) is 7.91. The quantitative estimate of drug-likeness (QED) is 0.820. The minimum Gasteiger partial charge on any atom is -0.386 e. The van der Waals surface area contributed by atoms with Crippen molar-refractivity contribution in [3.63, 3.8) is 0 Å². The minimum atomic E-state index is -0.316. The molecule has 0 saturated carbocycles. The second-order valence-electron chi connectivity index (χ2n) is 3.00. The molecule has 0 spiro atoms. The third-order valence-corrected chi connectivity index (χ3v) is 2.93. The SMILES string of the molecule is CC(=O)OSc1c[nH]c2cc(Cl)ccc12. The van der Waals surface area contributed by atoms with Crippen LogP contribution in [-0.4, -0.2) is 11.0 Å². The highest BCUT2D eigenvalue weighted by Gasteiger charge is 2.06. The Morgan fingerprint density at radius 2 is 2.33 bits per heavy atom. The lowest BCUT2D eigenvalue weighted by Crippen LogP contribution is -1.88. The summed E-state index contributed by atoms with van der Waals surface area (Å²) in [6, 6.07) is 5.52. The van der Waals surface area contributed by atoms with Crippen LogP contribution in [0.4, 0.5) is 0 Å². The van der Waals surface area contributed by atoms with Crippen molar-refractivity contribution in [3.05, 3.63) is 29.4 Å². The van der Waals surface area contributed by atoms with Gasteiger partial charge in [-0.25, -0.2) is 0 Å². The number of rotatable bonds is 2. The Bertz CT molecular complexity index is 509. The Labute approximate surface area is 96.0 Å². The van der Waals surface area contributed by atoms with Crippen molar-refractivity contribution in [2.24, 2.45) is 0 Å². The second kappa shape index (κ2) is 4.16. The summed E-state index contributed by atoms with van der Waals surface area (Å²) in [6.45, 7) is 1.37. The molecule has 78 valence electrons. The number of aromatic amines is 1. The van der Waals surface area contributed by atoms with Gasteiger partial charge in [0, 0.05) is 29.0 Å². The van der Waals surface area contributed by atoms with Gasteiger partial charge in [-0.15, -0.1) is 0 Å². The first kappa shape index (κ1) is 10.4. The molecule has 1 heterocycles. The lowest BCUT2D eigenvalue weighted by molar-refractivity contribution is -0.130. The van der Waals surface area contributed by atoms with Gasteiger partial charge in [-0.1, -0.05) is 17.7 Å². The lowest BCUT2D eigenvalue weighted by atomic mass is 10.2. The summed E-state index contributed by atoms with van der Waals surface area (Å²) in [5.41, 5.74) is 0.928. The van der Waals surface area contributed by atoms with E-state index in [-0.39, 0.29) is 5.97 Å². The van der Waals surface area contributed by atoms with Gasteiger partial charge in [-0.05, 0) is 12.1 Å². The topological polar surface area (TPSA) is 42.1 Å². The summed E-state index contributed by atoms with van der Waals surface area (Å²) < 4.78 is 4.85. The van der Waals surface area contributed by atoms with Gasteiger partial charge in [-0.3, -0.25) is 4.79 Å². The maximum absolute atomic E-state index is 10.7. The van der Waals surface area contributed by atoms with E-state index in [1.165, 1.54) is 6.92 Å². The number of carbonyl (C=O) groups is 1. The van der Waals surface area contributed by atoms with Crippen LogP contribution in [0.2, 0.25) is 5.02 Å². The van der Waals surface area contributed by atoms with Gasteiger partial charge in [0.15, 0.2) is 0 Å². The van der Waals surface area contributed by atoms with Crippen LogP contribution in [-0.2, 0) is 8.98 Å². The number of aromatic nitrogens is 1. The molecule has 0 unspecified atom stereocenters. The number of carbonyl (C=O) groups excluding carboxylic acids is 1. The van der Waals surface area contributed by atoms with Gasteiger partial charge < -0.3 is 9.17 Å². The Kier molecular flexibility index (Phi) is 2.88. The summed E-state index contributed by atoms with van der Waals surface area (Å²) in [5.74, 6) is -0.316. The van der Waals surface area contributed by atoms with Gasteiger partial charge >= 0.3 is 5.97 Å². The van der Waals surface area contributed by atoms with E-state index in [0.717, 1.165) is 27.8 Å². The molecule has 0 aliphatic rings. The number of nitrogens with one attached hydrogen (secondary N) is 1. The van der Waals surface area contributed by atoms with Crippen LogP contribution in [0.1, 0.15) is 6.92 Å². The second-order valence-corrected chi connectivity index (χ2v) is 4.21. The molecule has 3 nitrogen and oxygen atoms in total. The first-order valence-electron chi connectivity index (χ1n) is 4.28. The molecule has 15 heavy (non-hydrogen) atoms. The first-order chi connectivity index (χ1) is 7.16. The molecule has 0 aliphatic heterocycles. The fourth-order valence-electron chi connectivity index (χ4n) is 1.24. The van der Waals surface area contributed by atoms with Crippen LogP contribution < -0.4 is 0 Å². The monoisotopic (exact) mass is 241 g/mol. The molecule has 2 rings (SSSR count). The normalized spacial score (nSPS) is 10.5. The maximum Gasteiger partial charge on any atom is 0.315 e. The highest BCUT2D eigenvalue weighted by Crippen LogP contribution is 2.29. The number of fused-ring (bicyclic) bond motifs is 1. The van der Waals surface area contributed by atoms with Gasteiger partial charge in [-0.2, -0.15) is 0 Å². The van der Waals surface area contributed by atoms with Crippen molar-refractivity contribution >= 4 is 40.5 Å². The number of halogens is 1. The van der Waals surface area contributed by atoms with E-state index >= 15 is 0 Å². The van der Waals surface area contributed by atoms with E-state index in [2.05, 4.69) is 4.98 Å². The highest BCUT2D eigenvalue weighted by molar-refractivity contribution is 7.95. The number of H-pyrrole nitrogens is 1. The molecule has 0 aliphatic carbocycles. The van der Waals surface area contributed by atoms with Gasteiger partial charge in [0.2, 0.25) is 0 Å². The zero-order chi connectivity index (χ0) is 10.8. The molecule has 1 aromatic heterocycles. The Balaban J connectivity index is 2.32. The van der Waals surface area contributed by atoms with Crippen molar-refractivity contribution in [3.8, 4) is 0 Å². The van der Waals surface area contributed by atoms with Gasteiger partial charge in [0.05, 0.1) is 16.9 Å². The zero-order valence-corrected chi connectivity index (χ0v) is 9.48. The van der Waals surface area contributed by atoms with Crippen molar-refractivity contribution in [2.45, 2.75) is 11.8 Å². The van der Waals surface area contributed by atoms with Crippen LogP contribution >= 0.6 is 23.6 Å². The Hall–Kier alpha value is -1.13. The third-order valence-electron chi connectivity index (χ3n) is 1.85. The van der Waals surface area contributed by atoms with Crippen LogP contribution in [0.3, 0.4) is 0 Å². The number of hydrogen-bond donors (Lipinski definition) is 1. The predicted molar refractivity (Wildman–Crippen MR) is 60.9 cm³/mol. The summed E-state index contributed by atoms with van der Waals surface area (Å²) >= 11 is 6.89. The first-order valence-corrected chi connectivity index (χ1v) is 5.40. The molecule has 5 heteroatoms. The summed E-state index contributed by atoms with van der Waals surface area (Å²) in [5, 5.41) is 1.67. The van der Waals surface area contributed by atoms with E-state index in [9.17, 15) is 4.79 Å². The highest BCUT2D eigenvalue weighted by atomic mass is 35.5. The molecule has 0 fully saturated rings. The lowest BCUT2D eigenvalue weighted by Gasteiger charge is -1.97. The maximum atomic E-state index is 10.7. The average Bonchev–Trinajstić information content (AvgIpc) is 2.57. The fourth-order valence-corrected chi connectivity index (χ4v) is 2.00. The van der Waals surface area contributed by atoms with E-state index in [0.29, 0.717) is 5.02 Å². The van der Waals surface area contributed by atoms with Gasteiger partial charge in [0.1, 0.15) is 0 Å². The predicted octanol–water partition coefficient (Wildman–Crippen LogP) is 3.39. The number of hydrogen-bond acceptors (Lipinski definition) is 3.